The Bertz CT molecular complexity index is 777. The second-order valence-electron chi connectivity index (χ2n) is 5.64. The van der Waals surface area contributed by atoms with E-state index in [0.717, 1.165) is 0 Å². The Balaban J connectivity index is 1.89. The van der Waals surface area contributed by atoms with Crippen LogP contribution in [0.2, 0.25) is 0 Å². The highest BCUT2D eigenvalue weighted by Gasteiger charge is 2.12. The van der Waals surface area contributed by atoms with Crippen LogP contribution >= 0.6 is 0 Å². The molecule has 1 heterocycles. The number of carboxylic acids is 1. The van der Waals surface area contributed by atoms with Crippen molar-refractivity contribution in [2.45, 2.75) is 33.1 Å². The Kier molecular flexibility index (Phi) is 6.16. The van der Waals surface area contributed by atoms with Gasteiger partial charge in [-0.05, 0) is 44.5 Å². The Morgan fingerprint density at radius 1 is 1.12 bits per heavy atom. The monoisotopic (exact) mass is 346 g/mol. The highest BCUT2D eigenvalue weighted by Crippen LogP contribution is 2.23. The van der Waals surface area contributed by atoms with Gasteiger partial charge in [-0.2, -0.15) is 0 Å². The summed E-state index contributed by atoms with van der Waals surface area (Å²) in [4.78, 5) is 36.5. The number of nitrogens with one attached hydrogen (secondary N) is 1. The second kappa shape index (κ2) is 8.32. The van der Waals surface area contributed by atoms with Crippen LogP contribution in [0.3, 0.4) is 0 Å². The molecule has 25 heavy (non-hydrogen) atoms. The summed E-state index contributed by atoms with van der Waals surface area (Å²) in [5, 5.41) is 12.3. The van der Waals surface area contributed by atoms with Crippen LogP contribution < -0.4 is 5.32 Å². The first-order chi connectivity index (χ1) is 11.9. The Morgan fingerprint density at radius 3 is 2.48 bits per heavy atom. The largest absolute Gasteiger partial charge is 0.475 e. The van der Waals surface area contributed by atoms with Crippen molar-refractivity contribution in [1.29, 1.82) is 0 Å². The van der Waals surface area contributed by atoms with E-state index in [1.807, 2.05) is 13.8 Å². The molecule has 2 amide bonds. The van der Waals surface area contributed by atoms with Crippen LogP contribution in [0.15, 0.2) is 28.7 Å². The first-order valence-corrected chi connectivity index (χ1v) is 8.29. The molecule has 2 rings (SSSR count). The average molecular weight is 346 g/mol. The van der Waals surface area contributed by atoms with Gasteiger partial charge in [0, 0.05) is 37.0 Å². The average Bonchev–Trinajstić information content (AvgIpc) is 2.99. The van der Waals surface area contributed by atoms with Gasteiger partial charge in [0.15, 0.2) is 0 Å². The molecule has 2 aromatic rings. The highest BCUT2D eigenvalue weighted by atomic mass is 16.4. The molecule has 7 nitrogen and oxygen atoms in total. The number of anilines is 1. The molecule has 1 aromatic carbocycles. The highest BCUT2D eigenvalue weighted by molar-refractivity contribution is 5.96. The van der Waals surface area contributed by atoms with Gasteiger partial charge in [0.1, 0.15) is 5.58 Å². The molecule has 0 saturated heterocycles. The van der Waals surface area contributed by atoms with Crippen LogP contribution in [-0.2, 0) is 9.59 Å². The smallest absolute Gasteiger partial charge is 0.371 e. The van der Waals surface area contributed by atoms with Gasteiger partial charge in [0.05, 0.1) is 0 Å². The first kappa shape index (κ1) is 18.5. The number of carbonyl (C=O) groups is 3. The standard InChI is InChI=1S/C18H22N2O5/c1-3-20(4-2)17(22)7-5-6-16(21)19-13-8-9-14-12(10-13)11-15(25-14)18(23)24/h8-11H,3-7H2,1-2H3,(H,19,21)(H,23,24). The maximum atomic E-state index is 12.0. The Labute approximate surface area is 145 Å². The second-order valence-corrected chi connectivity index (χ2v) is 5.64. The van der Waals surface area contributed by atoms with E-state index in [1.54, 1.807) is 23.1 Å². The van der Waals surface area contributed by atoms with Crippen molar-refractivity contribution in [3.05, 3.63) is 30.0 Å². The molecule has 0 saturated carbocycles. The van der Waals surface area contributed by atoms with Crippen molar-refractivity contribution in [3.8, 4) is 0 Å². The molecule has 1 aromatic heterocycles. The molecule has 0 aliphatic carbocycles. The van der Waals surface area contributed by atoms with Gasteiger partial charge in [-0.15, -0.1) is 0 Å². The van der Waals surface area contributed by atoms with Crippen LogP contribution in [0.4, 0.5) is 5.69 Å². The number of fused-ring (bicyclic) bond motifs is 1. The lowest BCUT2D eigenvalue weighted by molar-refractivity contribution is -0.131. The summed E-state index contributed by atoms with van der Waals surface area (Å²) < 4.78 is 5.17. The fraction of sp³-hybridized carbons (Fsp3) is 0.389. The van der Waals surface area contributed by atoms with Gasteiger partial charge in [0.25, 0.3) is 0 Å². The van der Waals surface area contributed by atoms with Gasteiger partial charge in [-0.3, -0.25) is 9.59 Å². The summed E-state index contributed by atoms with van der Waals surface area (Å²) in [7, 11) is 0. The van der Waals surface area contributed by atoms with Crippen molar-refractivity contribution < 1.29 is 23.9 Å². The van der Waals surface area contributed by atoms with Crippen molar-refractivity contribution in [3.63, 3.8) is 0 Å². The maximum absolute atomic E-state index is 12.0. The van der Waals surface area contributed by atoms with E-state index in [-0.39, 0.29) is 24.0 Å². The molecule has 0 fully saturated rings. The summed E-state index contributed by atoms with van der Waals surface area (Å²) in [5.41, 5.74) is 1.01. The molecule has 0 aliphatic rings. The lowest BCUT2D eigenvalue weighted by Crippen LogP contribution is -2.30. The number of amides is 2. The molecule has 0 unspecified atom stereocenters. The zero-order valence-corrected chi connectivity index (χ0v) is 14.4. The molecule has 0 bridgehead atoms. The number of hydrogen-bond donors (Lipinski definition) is 2. The van der Waals surface area contributed by atoms with Crippen molar-refractivity contribution in [2.24, 2.45) is 0 Å². The van der Waals surface area contributed by atoms with Gasteiger partial charge in [0.2, 0.25) is 17.6 Å². The van der Waals surface area contributed by atoms with Gasteiger partial charge in [-0.25, -0.2) is 4.79 Å². The molecule has 0 atom stereocenters. The third kappa shape index (κ3) is 4.82. The van der Waals surface area contributed by atoms with E-state index in [2.05, 4.69) is 5.32 Å². The molecule has 0 radical (unpaired) electrons. The summed E-state index contributed by atoms with van der Waals surface area (Å²) in [6, 6.07) is 6.33. The summed E-state index contributed by atoms with van der Waals surface area (Å²) in [6.07, 6.45) is 1.08. The lowest BCUT2D eigenvalue weighted by Gasteiger charge is -2.18. The molecule has 2 N–H and O–H groups in total. The molecular weight excluding hydrogens is 324 g/mol. The summed E-state index contributed by atoms with van der Waals surface area (Å²) in [5.74, 6) is -1.42. The number of aromatic carboxylic acids is 1. The third-order valence-corrected chi connectivity index (χ3v) is 3.92. The fourth-order valence-corrected chi connectivity index (χ4v) is 2.58. The first-order valence-electron chi connectivity index (χ1n) is 8.29. The van der Waals surface area contributed by atoms with Crippen molar-refractivity contribution in [2.75, 3.05) is 18.4 Å². The fourth-order valence-electron chi connectivity index (χ4n) is 2.58. The van der Waals surface area contributed by atoms with E-state index in [4.69, 9.17) is 9.52 Å². The number of carbonyl (C=O) groups excluding carboxylic acids is 2. The lowest BCUT2D eigenvalue weighted by atomic mass is 10.2. The van der Waals surface area contributed by atoms with E-state index in [9.17, 15) is 14.4 Å². The number of rotatable bonds is 8. The number of nitrogens with zero attached hydrogens (tertiary/aromatic N) is 1. The van der Waals surface area contributed by atoms with Crippen molar-refractivity contribution >= 4 is 34.4 Å². The maximum Gasteiger partial charge on any atom is 0.371 e. The number of benzene rings is 1. The molecule has 7 heteroatoms. The van der Waals surface area contributed by atoms with E-state index < -0.39 is 5.97 Å². The Hall–Kier alpha value is -2.83. The zero-order valence-electron chi connectivity index (χ0n) is 14.4. The SMILES string of the molecule is CCN(CC)C(=O)CCCC(=O)Nc1ccc2oc(C(=O)O)cc2c1. The van der Waals surface area contributed by atoms with E-state index in [0.29, 0.717) is 42.6 Å². The van der Waals surface area contributed by atoms with Crippen LogP contribution in [0.1, 0.15) is 43.7 Å². The molecule has 134 valence electrons. The predicted octanol–water partition coefficient (Wildman–Crippen LogP) is 3.11. The molecule has 0 aliphatic heterocycles. The number of carboxylic acid groups (broad SMARTS) is 1. The van der Waals surface area contributed by atoms with Crippen LogP contribution in [-0.4, -0.2) is 40.9 Å². The number of hydrogen-bond acceptors (Lipinski definition) is 4. The van der Waals surface area contributed by atoms with Crippen molar-refractivity contribution in [1.82, 2.24) is 4.90 Å². The van der Waals surface area contributed by atoms with E-state index in [1.165, 1.54) is 6.07 Å². The Morgan fingerprint density at radius 2 is 1.84 bits per heavy atom. The minimum atomic E-state index is -1.14. The van der Waals surface area contributed by atoms with Crippen LogP contribution in [0.25, 0.3) is 11.0 Å². The van der Waals surface area contributed by atoms with E-state index >= 15 is 0 Å². The topological polar surface area (TPSA) is 99.9 Å². The van der Waals surface area contributed by atoms with Gasteiger partial charge >= 0.3 is 5.97 Å². The minimum absolute atomic E-state index is 0.0545. The third-order valence-electron chi connectivity index (χ3n) is 3.92. The van der Waals surface area contributed by atoms with Gasteiger partial charge in [-0.1, -0.05) is 0 Å². The summed E-state index contributed by atoms with van der Waals surface area (Å²) >= 11 is 0. The molecular formula is C18H22N2O5. The summed E-state index contributed by atoms with van der Waals surface area (Å²) in [6.45, 7) is 5.20. The molecule has 0 spiro atoms. The quantitative estimate of drug-likeness (QED) is 0.765. The minimum Gasteiger partial charge on any atom is -0.475 e. The van der Waals surface area contributed by atoms with Crippen LogP contribution in [0, 0.1) is 0 Å². The zero-order chi connectivity index (χ0) is 18.4. The predicted molar refractivity (Wildman–Crippen MR) is 93.6 cm³/mol. The van der Waals surface area contributed by atoms with Gasteiger partial charge < -0.3 is 19.7 Å². The van der Waals surface area contributed by atoms with Crippen LogP contribution in [0.5, 0.6) is 0 Å². The number of furan rings is 1. The normalized spacial score (nSPS) is 10.6.